The van der Waals surface area contributed by atoms with Crippen molar-refractivity contribution in [3.05, 3.63) is 0 Å². The summed E-state index contributed by atoms with van der Waals surface area (Å²) in [5, 5.41) is 4.21. The van der Waals surface area contributed by atoms with E-state index in [-0.39, 0.29) is 0 Å². The molecule has 3 heteroatoms. The van der Waals surface area contributed by atoms with E-state index >= 15 is 0 Å². The molecule has 64 valence electrons. The first-order chi connectivity index (χ1) is 5.47. The summed E-state index contributed by atoms with van der Waals surface area (Å²) in [7, 11) is 0. The molecule has 0 spiro atoms. The van der Waals surface area contributed by atoms with Crippen LogP contribution in [-0.2, 0) is 4.74 Å². The van der Waals surface area contributed by atoms with E-state index in [2.05, 4.69) is 5.01 Å². The van der Waals surface area contributed by atoms with Gasteiger partial charge >= 0.3 is 0 Å². The zero-order valence-corrected chi connectivity index (χ0v) is 7.01. The largest absolute Gasteiger partial charge is 0.378 e. The molecule has 2 saturated heterocycles. The van der Waals surface area contributed by atoms with Crippen molar-refractivity contribution in [2.45, 2.75) is 12.8 Å². The number of hydrogen-bond acceptors (Lipinski definition) is 2. The highest BCUT2D eigenvalue weighted by Crippen LogP contribution is 1.94. The second-order valence-corrected chi connectivity index (χ2v) is 3.37. The minimum absolute atomic E-state index is 0.934. The number of nitrogens with one attached hydrogen (secondary N) is 1. The third-order valence-corrected chi connectivity index (χ3v) is 2.64. The van der Waals surface area contributed by atoms with Crippen molar-refractivity contribution in [3.8, 4) is 0 Å². The molecule has 2 heterocycles. The zero-order chi connectivity index (χ0) is 7.52. The van der Waals surface area contributed by atoms with Gasteiger partial charge in [0, 0.05) is 12.8 Å². The average molecular weight is 157 g/mol. The van der Waals surface area contributed by atoms with Crippen LogP contribution in [0.15, 0.2) is 0 Å². The van der Waals surface area contributed by atoms with E-state index in [1.54, 1.807) is 5.01 Å². The van der Waals surface area contributed by atoms with Crippen molar-refractivity contribution < 1.29 is 9.75 Å². The van der Waals surface area contributed by atoms with Gasteiger partial charge in [0.1, 0.15) is 0 Å². The molecule has 2 fully saturated rings. The summed E-state index contributed by atoms with van der Waals surface area (Å²) in [5.74, 6) is 0. The Morgan fingerprint density at radius 2 is 1.64 bits per heavy atom. The molecule has 2 rings (SSSR count). The van der Waals surface area contributed by atoms with Gasteiger partial charge in [0.25, 0.3) is 0 Å². The Bertz CT molecular complexity index is 117. The van der Waals surface area contributed by atoms with Gasteiger partial charge in [-0.15, -0.1) is 0 Å². The van der Waals surface area contributed by atoms with Crippen LogP contribution in [0.4, 0.5) is 0 Å². The number of rotatable bonds is 1. The molecule has 1 N–H and O–H groups in total. The maximum absolute atomic E-state index is 5.30. The number of nitrogens with zero attached hydrogens (tertiary/aromatic N) is 1. The van der Waals surface area contributed by atoms with Crippen molar-refractivity contribution >= 4 is 0 Å². The number of morpholine rings is 1. The van der Waals surface area contributed by atoms with Gasteiger partial charge in [-0.3, -0.25) is 5.01 Å². The molecule has 11 heavy (non-hydrogen) atoms. The van der Waals surface area contributed by atoms with E-state index in [1.807, 2.05) is 0 Å². The zero-order valence-electron chi connectivity index (χ0n) is 7.01. The molecule has 2 aliphatic heterocycles. The molecule has 0 unspecified atom stereocenters. The van der Waals surface area contributed by atoms with Gasteiger partial charge in [0.2, 0.25) is 0 Å². The molecule has 0 bridgehead atoms. The first kappa shape index (κ1) is 7.53. The summed E-state index contributed by atoms with van der Waals surface area (Å²) in [6, 6.07) is 0. The molecule has 0 atom stereocenters. The lowest BCUT2D eigenvalue weighted by molar-refractivity contribution is -1.01. The van der Waals surface area contributed by atoms with Gasteiger partial charge < -0.3 is 4.74 Å². The Hall–Kier alpha value is -0.120. The van der Waals surface area contributed by atoms with Crippen LogP contribution >= 0.6 is 0 Å². The van der Waals surface area contributed by atoms with Gasteiger partial charge in [0.05, 0.1) is 39.4 Å². The van der Waals surface area contributed by atoms with Crippen LogP contribution in [0.25, 0.3) is 0 Å². The predicted octanol–water partition coefficient (Wildman–Crippen LogP) is -1.09. The molecule has 0 amide bonds. The lowest BCUT2D eigenvalue weighted by Crippen LogP contribution is -3.17. The second kappa shape index (κ2) is 3.52. The first-order valence-corrected chi connectivity index (χ1v) is 4.64. The molecule has 0 aromatic heterocycles. The highest BCUT2D eigenvalue weighted by atomic mass is 16.5. The molecular weight excluding hydrogens is 140 g/mol. The molecular formula is C8H17N2O+. The predicted molar refractivity (Wildman–Crippen MR) is 42.3 cm³/mol. The number of quaternary nitrogens is 1. The van der Waals surface area contributed by atoms with Gasteiger partial charge in [0.15, 0.2) is 0 Å². The van der Waals surface area contributed by atoms with E-state index in [0.717, 1.165) is 26.3 Å². The number of hydrogen-bond donors (Lipinski definition) is 1. The molecule has 0 aromatic rings. The smallest absolute Gasteiger partial charge is 0.0950 e. The average Bonchev–Trinajstić information content (AvgIpc) is 2.58. The molecule has 2 aliphatic rings. The van der Waals surface area contributed by atoms with Crippen LogP contribution in [0, 0.1) is 0 Å². The fourth-order valence-electron chi connectivity index (χ4n) is 1.98. The van der Waals surface area contributed by atoms with Crippen LogP contribution < -0.4 is 5.01 Å². The summed E-state index contributed by atoms with van der Waals surface area (Å²) in [4.78, 5) is 0. The molecule has 0 aromatic carbocycles. The lowest BCUT2D eigenvalue weighted by Gasteiger charge is -2.30. The van der Waals surface area contributed by atoms with E-state index < -0.39 is 0 Å². The number of ether oxygens (including phenoxy) is 1. The maximum atomic E-state index is 5.30. The normalized spacial score (nSPS) is 29.5. The van der Waals surface area contributed by atoms with Crippen LogP contribution in [-0.4, -0.2) is 44.4 Å². The van der Waals surface area contributed by atoms with E-state index in [4.69, 9.17) is 4.74 Å². The SMILES string of the molecule is C1CC[NH+](N2CCOCC2)C1. The summed E-state index contributed by atoms with van der Waals surface area (Å²) in [5.41, 5.74) is 0. The molecule has 0 radical (unpaired) electrons. The van der Waals surface area contributed by atoms with Crippen LogP contribution in [0.3, 0.4) is 0 Å². The second-order valence-electron chi connectivity index (χ2n) is 3.37. The lowest BCUT2D eigenvalue weighted by atomic mass is 10.4. The van der Waals surface area contributed by atoms with Crippen molar-refractivity contribution in [2.75, 3.05) is 39.4 Å². The van der Waals surface area contributed by atoms with E-state index in [9.17, 15) is 0 Å². The van der Waals surface area contributed by atoms with Crippen LogP contribution in [0.2, 0.25) is 0 Å². The summed E-state index contributed by atoms with van der Waals surface area (Å²) < 4.78 is 5.30. The monoisotopic (exact) mass is 157 g/mol. The highest BCUT2D eigenvalue weighted by molar-refractivity contribution is 4.53. The Morgan fingerprint density at radius 3 is 2.27 bits per heavy atom. The van der Waals surface area contributed by atoms with E-state index in [0.29, 0.717) is 0 Å². The van der Waals surface area contributed by atoms with Crippen LogP contribution in [0.1, 0.15) is 12.8 Å². The molecule has 0 saturated carbocycles. The Morgan fingerprint density at radius 1 is 1.00 bits per heavy atom. The van der Waals surface area contributed by atoms with Crippen molar-refractivity contribution in [1.82, 2.24) is 5.01 Å². The van der Waals surface area contributed by atoms with Gasteiger partial charge in [-0.2, -0.15) is 5.01 Å². The van der Waals surface area contributed by atoms with Crippen molar-refractivity contribution in [3.63, 3.8) is 0 Å². The Labute approximate surface area is 67.9 Å². The fraction of sp³-hybridized carbons (Fsp3) is 1.00. The Kier molecular flexibility index (Phi) is 2.41. The minimum atomic E-state index is 0.934. The minimum Gasteiger partial charge on any atom is -0.378 e. The first-order valence-electron chi connectivity index (χ1n) is 4.64. The fourth-order valence-corrected chi connectivity index (χ4v) is 1.98. The molecule has 3 nitrogen and oxygen atoms in total. The maximum Gasteiger partial charge on any atom is 0.0950 e. The topological polar surface area (TPSA) is 16.9 Å². The van der Waals surface area contributed by atoms with Crippen molar-refractivity contribution in [1.29, 1.82) is 0 Å². The van der Waals surface area contributed by atoms with Gasteiger partial charge in [-0.05, 0) is 0 Å². The molecule has 0 aliphatic carbocycles. The summed E-state index contributed by atoms with van der Waals surface area (Å²) in [6.07, 6.45) is 2.82. The van der Waals surface area contributed by atoms with Gasteiger partial charge in [-0.1, -0.05) is 0 Å². The quantitative estimate of drug-likeness (QED) is 0.521. The third-order valence-electron chi connectivity index (χ3n) is 2.64. The standard InChI is InChI=1S/C8H16N2O/c1-2-4-9(3-1)10-5-7-11-8-6-10/h1-8H2/p+1. The van der Waals surface area contributed by atoms with Gasteiger partial charge in [-0.25, -0.2) is 0 Å². The summed E-state index contributed by atoms with van der Waals surface area (Å²) in [6.45, 7) is 6.83. The highest BCUT2D eigenvalue weighted by Gasteiger charge is 2.24. The summed E-state index contributed by atoms with van der Waals surface area (Å²) >= 11 is 0. The van der Waals surface area contributed by atoms with E-state index in [1.165, 1.54) is 25.9 Å². The third kappa shape index (κ3) is 1.72. The Balaban J connectivity index is 1.82. The van der Waals surface area contributed by atoms with Crippen LogP contribution in [0.5, 0.6) is 0 Å². The van der Waals surface area contributed by atoms with Crippen molar-refractivity contribution in [2.24, 2.45) is 0 Å².